The van der Waals surface area contributed by atoms with Gasteiger partial charge in [-0.3, -0.25) is 0 Å². The molecule has 0 bridgehead atoms. The van der Waals surface area contributed by atoms with E-state index in [0.29, 0.717) is 22.7 Å². The number of rotatable bonds is 5. The Labute approximate surface area is 139 Å². The summed E-state index contributed by atoms with van der Waals surface area (Å²) in [4.78, 5) is 4.09. The predicted octanol–water partition coefficient (Wildman–Crippen LogP) is 2.64. The predicted molar refractivity (Wildman–Crippen MR) is 89.6 cm³/mol. The number of ether oxygens (including phenoxy) is 2. The van der Waals surface area contributed by atoms with Crippen molar-refractivity contribution >= 4 is 11.6 Å². The summed E-state index contributed by atoms with van der Waals surface area (Å²) >= 11 is 0. The standard InChI is InChI=1S/C17H17FN4O2/c1-23-15-6-5-13(8-16(15)24-2)22-17(20)21-10-12-4-3-11(9-19)7-14(12)18/h3-8H,10H2,1-2H3,(H3,20,21,22). The summed E-state index contributed by atoms with van der Waals surface area (Å²) in [5.41, 5.74) is 7.09. The Bertz CT molecular complexity index is 800. The quantitative estimate of drug-likeness (QED) is 0.650. The van der Waals surface area contributed by atoms with Crippen LogP contribution in [0, 0.1) is 17.1 Å². The smallest absolute Gasteiger partial charge is 0.193 e. The molecule has 0 atom stereocenters. The third kappa shape index (κ3) is 4.14. The van der Waals surface area contributed by atoms with Gasteiger partial charge < -0.3 is 20.5 Å². The van der Waals surface area contributed by atoms with Crippen LogP contribution in [0.1, 0.15) is 11.1 Å². The molecular weight excluding hydrogens is 311 g/mol. The second-order valence-corrected chi connectivity index (χ2v) is 4.81. The summed E-state index contributed by atoms with van der Waals surface area (Å²) < 4.78 is 24.1. The summed E-state index contributed by atoms with van der Waals surface area (Å²) in [7, 11) is 3.08. The topological polar surface area (TPSA) is 92.7 Å². The molecule has 2 aromatic carbocycles. The van der Waals surface area contributed by atoms with Gasteiger partial charge in [0.05, 0.1) is 32.4 Å². The first-order valence-electron chi connectivity index (χ1n) is 7.05. The molecule has 24 heavy (non-hydrogen) atoms. The van der Waals surface area contributed by atoms with Crippen molar-refractivity contribution in [2.24, 2.45) is 10.7 Å². The van der Waals surface area contributed by atoms with Crippen molar-refractivity contribution in [3.63, 3.8) is 0 Å². The minimum Gasteiger partial charge on any atom is -0.493 e. The minimum atomic E-state index is -0.489. The number of nitrogens with two attached hydrogens (primary N) is 1. The van der Waals surface area contributed by atoms with Gasteiger partial charge in [-0.15, -0.1) is 0 Å². The van der Waals surface area contributed by atoms with Gasteiger partial charge in [0.15, 0.2) is 17.5 Å². The molecule has 3 N–H and O–H groups in total. The van der Waals surface area contributed by atoms with Crippen LogP contribution in [0.4, 0.5) is 10.1 Å². The number of guanidine groups is 1. The highest BCUT2D eigenvalue weighted by Gasteiger charge is 2.06. The van der Waals surface area contributed by atoms with Crippen LogP contribution in [0.25, 0.3) is 0 Å². The molecule has 124 valence electrons. The second kappa shape index (κ2) is 7.83. The molecule has 0 saturated heterocycles. The van der Waals surface area contributed by atoms with E-state index in [2.05, 4.69) is 10.3 Å². The Morgan fingerprint density at radius 1 is 1.21 bits per heavy atom. The Morgan fingerprint density at radius 3 is 2.58 bits per heavy atom. The Kier molecular flexibility index (Phi) is 5.58. The lowest BCUT2D eigenvalue weighted by molar-refractivity contribution is 0.355. The molecule has 0 fully saturated rings. The summed E-state index contributed by atoms with van der Waals surface area (Å²) in [6.07, 6.45) is 0. The van der Waals surface area contributed by atoms with Crippen LogP contribution in [0.5, 0.6) is 11.5 Å². The Morgan fingerprint density at radius 2 is 1.96 bits per heavy atom. The van der Waals surface area contributed by atoms with Gasteiger partial charge in [-0.1, -0.05) is 6.07 Å². The van der Waals surface area contributed by atoms with Crippen LogP contribution in [-0.2, 0) is 6.54 Å². The lowest BCUT2D eigenvalue weighted by Crippen LogP contribution is -2.22. The molecule has 0 spiro atoms. The number of nitrogens with zero attached hydrogens (tertiary/aromatic N) is 2. The van der Waals surface area contributed by atoms with E-state index in [9.17, 15) is 4.39 Å². The number of nitrogens with one attached hydrogen (secondary N) is 1. The van der Waals surface area contributed by atoms with Crippen molar-refractivity contribution in [3.8, 4) is 17.6 Å². The fraction of sp³-hybridized carbons (Fsp3) is 0.176. The Balaban J connectivity index is 2.08. The van der Waals surface area contributed by atoms with Crippen LogP contribution in [0.15, 0.2) is 41.4 Å². The van der Waals surface area contributed by atoms with Gasteiger partial charge in [0.1, 0.15) is 5.82 Å². The molecule has 7 heteroatoms. The number of aliphatic imine (C=N–C) groups is 1. The monoisotopic (exact) mass is 328 g/mol. The van der Waals surface area contributed by atoms with E-state index in [-0.39, 0.29) is 18.1 Å². The van der Waals surface area contributed by atoms with E-state index in [0.717, 1.165) is 0 Å². The molecule has 0 amide bonds. The van der Waals surface area contributed by atoms with E-state index >= 15 is 0 Å². The Hall–Kier alpha value is -3.27. The zero-order chi connectivity index (χ0) is 17.5. The largest absolute Gasteiger partial charge is 0.493 e. The van der Waals surface area contributed by atoms with E-state index < -0.39 is 5.82 Å². The highest BCUT2D eigenvalue weighted by Crippen LogP contribution is 2.29. The lowest BCUT2D eigenvalue weighted by atomic mass is 10.1. The van der Waals surface area contributed by atoms with Gasteiger partial charge in [0, 0.05) is 17.3 Å². The molecule has 2 aromatic rings. The third-order valence-electron chi connectivity index (χ3n) is 3.26. The van der Waals surface area contributed by atoms with E-state index in [1.165, 1.54) is 25.3 Å². The number of benzene rings is 2. The molecule has 0 unspecified atom stereocenters. The van der Waals surface area contributed by atoms with Gasteiger partial charge >= 0.3 is 0 Å². The molecule has 0 aliphatic heterocycles. The molecule has 0 saturated carbocycles. The SMILES string of the molecule is COc1ccc(NC(N)=NCc2ccc(C#N)cc2F)cc1OC. The van der Waals surface area contributed by atoms with E-state index in [4.69, 9.17) is 20.5 Å². The molecule has 0 aliphatic carbocycles. The van der Waals surface area contributed by atoms with Crippen molar-refractivity contribution in [1.29, 1.82) is 5.26 Å². The number of methoxy groups -OCH3 is 2. The van der Waals surface area contributed by atoms with Crippen LogP contribution in [0.3, 0.4) is 0 Å². The van der Waals surface area contributed by atoms with Gasteiger partial charge in [-0.25, -0.2) is 9.38 Å². The minimum absolute atomic E-state index is 0.0592. The lowest BCUT2D eigenvalue weighted by Gasteiger charge is -2.11. The number of nitriles is 1. The molecule has 0 aliphatic rings. The van der Waals surface area contributed by atoms with Crippen molar-refractivity contribution in [2.45, 2.75) is 6.54 Å². The first kappa shape index (κ1) is 17.1. The van der Waals surface area contributed by atoms with E-state index in [1.807, 2.05) is 6.07 Å². The zero-order valence-electron chi connectivity index (χ0n) is 13.3. The highest BCUT2D eigenvalue weighted by atomic mass is 19.1. The van der Waals surface area contributed by atoms with Crippen LogP contribution >= 0.6 is 0 Å². The molecule has 0 radical (unpaired) electrons. The maximum atomic E-state index is 13.8. The summed E-state index contributed by atoms with van der Waals surface area (Å²) in [6.45, 7) is 0.0592. The van der Waals surface area contributed by atoms with Gasteiger partial charge in [-0.05, 0) is 24.3 Å². The molecular formula is C17H17FN4O2. The fourth-order valence-corrected chi connectivity index (χ4v) is 2.02. The van der Waals surface area contributed by atoms with Gasteiger partial charge in [0.25, 0.3) is 0 Å². The summed E-state index contributed by atoms with van der Waals surface area (Å²) in [5.74, 6) is 0.786. The first-order valence-corrected chi connectivity index (χ1v) is 7.05. The maximum Gasteiger partial charge on any atom is 0.193 e. The summed E-state index contributed by atoms with van der Waals surface area (Å²) in [6, 6.07) is 11.3. The second-order valence-electron chi connectivity index (χ2n) is 4.81. The molecule has 0 heterocycles. The number of halogens is 1. The van der Waals surface area contributed by atoms with Crippen molar-refractivity contribution in [1.82, 2.24) is 0 Å². The fourth-order valence-electron chi connectivity index (χ4n) is 2.02. The van der Waals surface area contributed by atoms with Crippen molar-refractivity contribution in [3.05, 3.63) is 53.3 Å². The number of hydrogen-bond acceptors (Lipinski definition) is 4. The van der Waals surface area contributed by atoms with E-state index in [1.54, 1.807) is 25.3 Å². The summed E-state index contributed by atoms with van der Waals surface area (Å²) in [5, 5.41) is 11.6. The van der Waals surface area contributed by atoms with Crippen LogP contribution in [-0.4, -0.2) is 20.2 Å². The molecule has 2 rings (SSSR count). The van der Waals surface area contributed by atoms with Crippen molar-refractivity contribution in [2.75, 3.05) is 19.5 Å². The average molecular weight is 328 g/mol. The number of anilines is 1. The normalized spacial score (nSPS) is 10.8. The van der Waals surface area contributed by atoms with Gasteiger partial charge in [0.2, 0.25) is 0 Å². The average Bonchev–Trinajstić information content (AvgIpc) is 2.60. The highest BCUT2D eigenvalue weighted by molar-refractivity contribution is 5.92. The van der Waals surface area contributed by atoms with Crippen LogP contribution in [0.2, 0.25) is 0 Å². The van der Waals surface area contributed by atoms with Crippen molar-refractivity contribution < 1.29 is 13.9 Å². The van der Waals surface area contributed by atoms with Gasteiger partial charge in [-0.2, -0.15) is 5.26 Å². The molecule has 0 aromatic heterocycles. The van der Waals surface area contributed by atoms with Crippen LogP contribution < -0.4 is 20.5 Å². The molecule has 6 nitrogen and oxygen atoms in total. The number of hydrogen-bond donors (Lipinski definition) is 2. The zero-order valence-corrected chi connectivity index (χ0v) is 13.3. The maximum absolute atomic E-state index is 13.8. The third-order valence-corrected chi connectivity index (χ3v) is 3.26. The first-order chi connectivity index (χ1) is 11.6.